The molecule has 0 aliphatic heterocycles. The normalized spacial score (nSPS) is 9.95. The lowest BCUT2D eigenvalue weighted by Gasteiger charge is -2.09. The summed E-state index contributed by atoms with van der Waals surface area (Å²) in [6.45, 7) is 0.947. The summed E-state index contributed by atoms with van der Waals surface area (Å²) in [5.41, 5.74) is 0.781. The number of carbonyl (C=O) groups excluding carboxylic acids is 1. The summed E-state index contributed by atoms with van der Waals surface area (Å²) >= 11 is 0. The first-order valence-corrected chi connectivity index (χ1v) is 6.54. The Balaban J connectivity index is 1.61. The second-order valence-corrected chi connectivity index (χ2v) is 4.24. The van der Waals surface area contributed by atoms with E-state index < -0.39 is 0 Å². The minimum atomic E-state index is -0.353. The number of rotatable bonds is 6. The van der Waals surface area contributed by atoms with Crippen molar-refractivity contribution < 1.29 is 13.9 Å². The van der Waals surface area contributed by atoms with E-state index in [9.17, 15) is 9.18 Å². The first-order chi connectivity index (χ1) is 10.2. The van der Waals surface area contributed by atoms with Gasteiger partial charge >= 0.3 is 6.03 Å². The van der Waals surface area contributed by atoms with E-state index in [1.165, 1.54) is 12.1 Å². The standard InChI is InChI=1S/C15H16FN3O2/c16-12-4-3-6-14(10-12)21-9-8-18-15(20)19-11-13-5-1-2-7-17-13/h1-7,10H,8-9,11H2,(H2,18,19,20). The maximum absolute atomic E-state index is 12.9. The third-order valence-corrected chi connectivity index (χ3v) is 2.61. The number of amides is 2. The van der Waals surface area contributed by atoms with Crippen molar-refractivity contribution in [3.05, 3.63) is 60.2 Å². The molecule has 5 nitrogen and oxygen atoms in total. The zero-order valence-corrected chi connectivity index (χ0v) is 11.4. The van der Waals surface area contributed by atoms with Crippen LogP contribution in [0.1, 0.15) is 5.69 Å². The average Bonchev–Trinajstić information content (AvgIpc) is 2.51. The SMILES string of the molecule is O=C(NCCOc1cccc(F)c1)NCc1ccccn1. The van der Waals surface area contributed by atoms with E-state index in [4.69, 9.17) is 4.74 Å². The topological polar surface area (TPSA) is 63.2 Å². The molecule has 1 aromatic carbocycles. The number of halogens is 1. The van der Waals surface area contributed by atoms with E-state index in [1.807, 2.05) is 18.2 Å². The van der Waals surface area contributed by atoms with Gasteiger partial charge in [-0.1, -0.05) is 12.1 Å². The quantitative estimate of drug-likeness (QED) is 0.800. The number of aromatic nitrogens is 1. The Kier molecular flexibility index (Phi) is 5.51. The highest BCUT2D eigenvalue weighted by Crippen LogP contribution is 2.11. The van der Waals surface area contributed by atoms with Gasteiger partial charge in [0.25, 0.3) is 0 Å². The molecule has 2 N–H and O–H groups in total. The van der Waals surface area contributed by atoms with Gasteiger partial charge in [-0.25, -0.2) is 9.18 Å². The maximum Gasteiger partial charge on any atom is 0.315 e. The molecule has 110 valence electrons. The number of benzene rings is 1. The summed E-state index contributed by atoms with van der Waals surface area (Å²) in [5.74, 6) is 0.0826. The fourth-order valence-electron chi connectivity index (χ4n) is 1.63. The third kappa shape index (κ3) is 5.48. The van der Waals surface area contributed by atoms with Gasteiger partial charge in [-0.05, 0) is 24.3 Å². The summed E-state index contributed by atoms with van der Waals surface area (Å²) in [7, 11) is 0. The molecule has 1 aromatic heterocycles. The van der Waals surface area contributed by atoms with E-state index in [-0.39, 0.29) is 18.5 Å². The molecular formula is C15H16FN3O2. The number of urea groups is 1. The molecule has 2 aromatic rings. The second kappa shape index (κ2) is 7.84. The van der Waals surface area contributed by atoms with Crippen molar-refractivity contribution in [2.24, 2.45) is 0 Å². The van der Waals surface area contributed by atoms with Gasteiger partial charge < -0.3 is 15.4 Å². The van der Waals surface area contributed by atoms with Crippen molar-refractivity contribution in [2.45, 2.75) is 6.54 Å². The Morgan fingerprint density at radius 2 is 2.10 bits per heavy atom. The van der Waals surface area contributed by atoms with Crippen LogP contribution in [-0.2, 0) is 6.54 Å². The molecule has 0 unspecified atom stereocenters. The highest BCUT2D eigenvalue weighted by Gasteiger charge is 2.01. The molecule has 2 rings (SSSR count). The lowest BCUT2D eigenvalue weighted by atomic mass is 10.3. The van der Waals surface area contributed by atoms with Crippen LogP contribution in [0.2, 0.25) is 0 Å². The van der Waals surface area contributed by atoms with Gasteiger partial charge in [0.1, 0.15) is 18.2 Å². The molecule has 6 heteroatoms. The van der Waals surface area contributed by atoms with Crippen LogP contribution in [0.4, 0.5) is 9.18 Å². The zero-order chi connectivity index (χ0) is 14.9. The van der Waals surface area contributed by atoms with Gasteiger partial charge in [-0.3, -0.25) is 4.98 Å². The number of nitrogens with one attached hydrogen (secondary N) is 2. The van der Waals surface area contributed by atoms with Crippen molar-refractivity contribution in [1.82, 2.24) is 15.6 Å². The van der Waals surface area contributed by atoms with Gasteiger partial charge in [-0.2, -0.15) is 0 Å². The summed E-state index contributed by atoms with van der Waals surface area (Å²) in [6.07, 6.45) is 1.67. The highest BCUT2D eigenvalue weighted by molar-refractivity contribution is 5.73. The van der Waals surface area contributed by atoms with Crippen LogP contribution in [0.15, 0.2) is 48.7 Å². The lowest BCUT2D eigenvalue weighted by molar-refractivity contribution is 0.236. The molecule has 21 heavy (non-hydrogen) atoms. The van der Waals surface area contributed by atoms with Gasteiger partial charge in [0, 0.05) is 12.3 Å². The first kappa shape index (κ1) is 14.8. The van der Waals surface area contributed by atoms with Gasteiger partial charge in [0.15, 0.2) is 0 Å². The predicted octanol–water partition coefficient (Wildman–Crippen LogP) is 2.10. The monoisotopic (exact) mass is 289 g/mol. The van der Waals surface area contributed by atoms with Crippen LogP contribution >= 0.6 is 0 Å². The molecule has 0 radical (unpaired) electrons. The Labute approximate surface area is 122 Å². The molecular weight excluding hydrogens is 273 g/mol. The molecule has 0 saturated carbocycles. The Bertz CT molecular complexity index is 578. The summed E-state index contributed by atoms with van der Waals surface area (Å²) in [5, 5.41) is 5.32. The van der Waals surface area contributed by atoms with E-state index >= 15 is 0 Å². The van der Waals surface area contributed by atoms with Gasteiger partial charge in [-0.15, -0.1) is 0 Å². The largest absolute Gasteiger partial charge is 0.492 e. The van der Waals surface area contributed by atoms with Crippen LogP contribution in [-0.4, -0.2) is 24.2 Å². The Hall–Kier alpha value is -2.63. The smallest absolute Gasteiger partial charge is 0.315 e. The van der Waals surface area contributed by atoms with Crippen LogP contribution < -0.4 is 15.4 Å². The Morgan fingerprint density at radius 3 is 2.86 bits per heavy atom. The van der Waals surface area contributed by atoms with Crippen LogP contribution in [0.25, 0.3) is 0 Å². The molecule has 2 amide bonds. The molecule has 0 fully saturated rings. The van der Waals surface area contributed by atoms with Crippen molar-refractivity contribution in [2.75, 3.05) is 13.2 Å². The van der Waals surface area contributed by atoms with Crippen molar-refractivity contribution in [3.8, 4) is 5.75 Å². The Morgan fingerprint density at radius 1 is 1.19 bits per heavy atom. The number of hydrogen-bond donors (Lipinski definition) is 2. The van der Waals surface area contributed by atoms with E-state index in [1.54, 1.807) is 18.3 Å². The molecule has 0 spiro atoms. The predicted molar refractivity (Wildman–Crippen MR) is 76.4 cm³/mol. The molecule has 0 atom stereocenters. The highest BCUT2D eigenvalue weighted by atomic mass is 19.1. The first-order valence-electron chi connectivity index (χ1n) is 6.54. The van der Waals surface area contributed by atoms with Gasteiger partial charge in [0.2, 0.25) is 0 Å². The third-order valence-electron chi connectivity index (χ3n) is 2.61. The summed E-state index contributed by atoms with van der Waals surface area (Å²) < 4.78 is 18.2. The van der Waals surface area contributed by atoms with E-state index in [2.05, 4.69) is 15.6 Å². The molecule has 1 heterocycles. The van der Waals surface area contributed by atoms with Crippen LogP contribution in [0.5, 0.6) is 5.75 Å². The van der Waals surface area contributed by atoms with Crippen molar-refractivity contribution in [3.63, 3.8) is 0 Å². The minimum absolute atomic E-state index is 0.264. The zero-order valence-electron chi connectivity index (χ0n) is 11.4. The second-order valence-electron chi connectivity index (χ2n) is 4.24. The fourth-order valence-corrected chi connectivity index (χ4v) is 1.63. The number of nitrogens with zero attached hydrogens (tertiary/aromatic N) is 1. The molecule has 0 saturated heterocycles. The van der Waals surface area contributed by atoms with Crippen molar-refractivity contribution >= 4 is 6.03 Å². The van der Waals surface area contributed by atoms with Crippen molar-refractivity contribution in [1.29, 1.82) is 0 Å². The number of carbonyl (C=O) groups is 1. The fraction of sp³-hybridized carbons (Fsp3) is 0.200. The minimum Gasteiger partial charge on any atom is -0.492 e. The molecule has 0 aliphatic carbocycles. The number of ether oxygens (including phenoxy) is 1. The van der Waals surface area contributed by atoms with E-state index in [0.29, 0.717) is 18.8 Å². The summed E-state index contributed by atoms with van der Waals surface area (Å²) in [6, 6.07) is 11.1. The number of pyridine rings is 1. The molecule has 0 aliphatic rings. The van der Waals surface area contributed by atoms with Gasteiger partial charge in [0.05, 0.1) is 18.8 Å². The lowest BCUT2D eigenvalue weighted by Crippen LogP contribution is -2.37. The maximum atomic E-state index is 12.9. The average molecular weight is 289 g/mol. The van der Waals surface area contributed by atoms with Crippen LogP contribution in [0.3, 0.4) is 0 Å². The van der Waals surface area contributed by atoms with E-state index in [0.717, 1.165) is 5.69 Å². The van der Waals surface area contributed by atoms with Crippen LogP contribution in [0, 0.1) is 5.82 Å². The summed E-state index contributed by atoms with van der Waals surface area (Å²) in [4.78, 5) is 15.6. The number of hydrogen-bond acceptors (Lipinski definition) is 3. The molecule has 0 bridgehead atoms.